The molecule has 0 amide bonds. The maximum Gasteiger partial charge on any atom is 0.338 e. The van der Waals surface area contributed by atoms with Gasteiger partial charge >= 0.3 is 5.97 Å². The van der Waals surface area contributed by atoms with Crippen molar-refractivity contribution in [3.05, 3.63) is 125 Å². The van der Waals surface area contributed by atoms with Crippen molar-refractivity contribution in [3.63, 3.8) is 0 Å². The number of carbonyl (C=O) groups is 1. The molecule has 5 rings (SSSR count). The lowest BCUT2D eigenvalue weighted by atomic mass is 9.95. The molecule has 0 radical (unpaired) electrons. The second kappa shape index (κ2) is 11.9. The summed E-state index contributed by atoms with van der Waals surface area (Å²) in [4.78, 5) is 31.9. The predicted octanol–water partition coefficient (Wildman–Crippen LogP) is 5.04. The summed E-state index contributed by atoms with van der Waals surface area (Å²) in [5.74, 6) is 0.606. The van der Waals surface area contributed by atoms with Crippen LogP contribution in [0.5, 0.6) is 11.5 Å². The van der Waals surface area contributed by atoms with E-state index in [4.69, 9.17) is 30.8 Å². The first-order valence-electron chi connectivity index (χ1n) is 12.7. The third-order valence-corrected chi connectivity index (χ3v) is 7.75. The van der Waals surface area contributed by atoms with Gasteiger partial charge in [-0.3, -0.25) is 9.36 Å². The summed E-state index contributed by atoms with van der Waals surface area (Å²) in [6.45, 7) is 2.26. The largest absolute Gasteiger partial charge is 0.493 e. The van der Waals surface area contributed by atoms with Gasteiger partial charge in [0.1, 0.15) is 6.61 Å². The van der Waals surface area contributed by atoms with Gasteiger partial charge in [0.2, 0.25) is 0 Å². The molecular formula is C31H27ClN2O5S. The van der Waals surface area contributed by atoms with Gasteiger partial charge in [-0.2, -0.15) is 0 Å². The first-order valence-corrected chi connectivity index (χ1v) is 13.9. The fourth-order valence-corrected chi connectivity index (χ4v) is 5.88. The van der Waals surface area contributed by atoms with Crippen LogP contribution in [-0.4, -0.2) is 24.8 Å². The Balaban J connectivity index is 1.55. The van der Waals surface area contributed by atoms with Crippen molar-refractivity contribution < 1.29 is 19.0 Å². The highest BCUT2D eigenvalue weighted by Crippen LogP contribution is 2.32. The molecule has 9 heteroatoms. The van der Waals surface area contributed by atoms with Gasteiger partial charge in [-0.15, -0.1) is 0 Å². The van der Waals surface area contributed by atoms with Crippen LogP contribution >= 0.6 is 22.9 Å². The van der Waals surface area contributed by atoms with Gasteiger partial charge in [0, 0.05) is 5.02 Å². The molecule has 4 aromatic rings. The van der Waals surface area contributed by atoms with E-state index < -0.39 is 12.0 Å². The standard InChI is InChI=1S/C31H27ClN2O5S/c1-4-23-27(30(36)38-3)28(21-10-6-5-7-11-21)34-29(35)26(40-31(34)33-23)17-19-13-14-24(25(16-19)37-2)39-18-20-9-8-12-22(32)15-20/h5-17,28H,4,18H2,1-3H3/b26-17+/t28-/m0/s1. The minimum atomic E-state index is -0.640. The second-order valence-corrected chi connectivity index (χ2v) is 10.5. The summed E-state index contributed by atoms with van der Waals surface area (Å²) in [6, 6.07) is 21.8. The lowest BCUT2D eigenvalue weighted by Gasteiger charge is -2.25. The van der Waals surface area contributed by atoms with Gasteiger partial charge in [-0.1, -0.05) is 78.4 Å². The van der Waals surface area contributed by atoms with Gasteiger partial charge in [-0.05, 0) is 53.5 Å². The van der Waals surface area contributed by atoms with Crippen molar-refractivity contribution in [3.8, 4) is 11.5 Å². The van der Waals surface area contributed by atoms with Crippen LogP contribution in [0.1, 0.15) is 36.1 Å². The highest BCUT2D eigenvalue weighted by atomic mass is 35.5. The molecule has 0 unspecified atom stereocenters. The lowest BCUT2D eigenvalue weighted by Crippen LogP contribution is -2.40. The first-order chi connectivity index (χ1) is 19.4. The van der Waals surface area contributed by atoms with E-state index in [1.165, 1.54) is 18.4 Å². The number of hydrogen-bond donors (Lipinski definition) is 0. The first kappa shape index (κ1) is 27.4. The quantitative estimate of drug-likeness (QED) is 0.276. The summed E-state index contributed by atoms with van der Waals surface area (Å²) < 4.78 is 18.7. The van der Waals surface area contributed by atoms with Crippen molar-refractivity contribution in [1.82, 2.24) is 4.57 Å². The number of ether oxygens (including phenoxy) is 3. The van der Waals surface area contributed by atoms with E-state index in [-0.39, 0.29) is 5.56 Å². The van der Waals surface area contributed by atoms with Crippen molar-refractivity contribution >= 4 is 35.0 Å². The topological polar surface area (TPSA) is 79.1 Å². The molecular weight excluding hydrogens is 548 g/mol. The zero-order valence-electron chi connectivity index (χ0n) is 22.2. The van der Waals surface area contributed by atoms with Crippen molar-refractivity contribution in [2.75, 3.05) is 14.2 Å². The minimum Gasteiger partial charge on any atom is -0.493 e. The van der Waals surface area contributed by atoms with E-state index in [1.54, 1.807) is 17.8 Å². The summed E-state index contributed by atoms with van der Waals surface area (Å²) in [6.07, 6.45) is 2.31. The highest BCUT2D eigenvalue weighted by Gasteiger charge is 2.33. The SMILES string of the molecule is CCC1=C(C(=O)OC)[C@H](c2ccccc2)n2c(s/c(=C/c3ccc(OCc4cccc(Cl)c4)c(OC)c3)c2=O)=N1. The van der Waals surface area contributed by atoms with Gasteiger partial charge in [0.05, 0.1) is 36.1 Å². The molecule has 204 valence electrons. The Morgan fingerprint density at radius 3 is 2.55 bits per heavy atom. The number of fused-ring (bicyclic) bond motifs is 1. The van der Waals surface area contributed by atoms with Crippen LogP contribution in [0.3, 0.4) is 0 Å². The third kappa shape index (κ3) is 5.46. The molecule has 0 bridgehead atoms. The summed E-state index contributed by atoms with van der Waals surface area (Å²) >= 11 is 7.36. The van der Waals surface area contributed by atoms with E-state index in [0.717, 1.165) is 16.7 Å². The monoisotopic (exact) mass is 574 g/mol. The van der Waals surface area contributed by atoms with Gasteiger partial charge in [0.25, 0.3) is 5.56 Å². The fraction of sp³-hybridized carbons (Fsp3) is 0.194. The second-order valence-electron chi connectivity index (χ2n) is 9.03. The smallest absolute Gasteiger partial charge is 0.338 e. The molecule has 3 aromatic carbocycles. The molecule has 2 heterocycles. The van der Waals surface area contributed by atoms with E-state index >= 15 is 0 Å². The molecule has 1 aliphatic heterocycles. The van der Waals surface area contributed by atoms with Crippen LogP contribution in [0.15, 0.2) is 93.9 Å². The number of carbonyl (C=O) groups excluding carboxylic acids is 1. The number of rotatable bonds is 8. The zero-order valence-corrected chi connectivity index (χ0v) is 23.8. The Kier molecular flexibility index (Phi) is 8.19. The number of methoxy groups -OCH3 is 2. The van der Waals surface area contributed by atoms with E-state index in [0.29, 0.717) is 50.2 Å². The molecule has 1 aliphatic rings. The Hall–Kier alpha value is -4.14. The molecule has 0 N–H and O–H groups in total. The molecule has 0 spiro atoms. The van der Waals surface area contributed by atoms with Gasteiger partial charge in [0.15, 0.2) is 16.3 Å². The lowest BCUT2D eigenvalue weighted by molar-refractivity contribution is -0.136. The predicted molar refractivity (Wildman–Crippen MR) is 156 cm³/mol. The third-order valence-electron chi connectivity index (χ3n) is 6.53. The Morgan fingerprint density at radius 1 is 1.05 bits per heavy atom. The maximum absolute atomic E-state index is 13.8. The van der Waals surface area contributed by atoms with Crippen molar-refractivity contribution in [1.29, 1.82) is 0 Å². The normalized spacial score (nSPS) is 14.9. The zero-order chi connectivity index (χ0) is 28.2. The van der Waals surface area contributed by atoms with Crippen LogP contribution in [0, 0.1) is 0 Å². The number of benzene rings is 3. The average Bonchev–Trinajstić information content (AvgIpc) is 3.29. The van der Waals surface area contributed by atoms with Crippen molar-refractivity contribution in [2.24, 2.45) is 4.99 Å². The van der Waals surface area contributed by atoms with E-state index in [2.05, 4.69) is 0 Å². The van der Waals surface area contributed by atoms with Gasteiger partial charge in [-0.25, -0.2) is 9.79 Å². The van der Waals surface area contributed by atoms with Gasteiger partial charge < -0.3 is 14.2 Å². The van der Waals surface area contributed by atoms with Crippen LogP contribution in [0.2, 0.25) is 5.02 Å². The molecule has 1 atom stereocenters. The molecule has 1 aromatic heterocycles. The highest BCUT2D eigenvalue weighted by molar-refractivity contribution is 7.07. The molecule has 0 fully saturated rings. The van der Waals surface area contributed by atoms with Crippen LogP contribution in [0.4, 0.5) is 0 Å². The number of aromatic nitrogens is 1. The number of halogens is 1. The molecule has 0 saturated carbocycles. The molecule has 0 aliphatic carbocycles. The van der Waals surface area contributed by atoms with Crippen LogP contribution in [-0.2, 0) is 16.1 Å². The van der Waals surface area contributed by atoms with E-state index in [9.17, 15) is 9.59 Å². The minimum absolute atomic E-state index is 0.241. The number of hydrogen-bond acceptors (Lipinski definition) is 7. The Morgan fingerprint density at radius 2 is 1.85 bits per heavy atom. The summed E-state index contributed by atoms with van der Waals surface area (Å²) in [5.41, 5.74) is 3.24. The number of esters is 1. The molecule has 0 saturated heterocycles. The molecule has 7 nitrogen and oxygen atoms in total. The average molecular weight is 575 g/mol. The van der Waals surface area contributed by atoms with Crippen molar-refractivity contribution in [2.45, 2.75) is 26.0 Å². The Labute approximate surface area is 240 Å². The number of thiazole rings is 1. The summed E-state index contributed by atoms with van der Waals surface area (Å²) in [7, 11) is 2.91. The fourth-order valence-electron chi connectivity index (χ4n) is 4.65. The molecule has 40 heavy (non-hydrogen) atoms. The van der Waals surface area contributed by atoms with Crippen LogP contribution < -0.4 is 24.4 Å². The Bertz CT molecular complexity index is 1780. The van der Waals surface area contributed by atoms with Crippen LogP contribution in [0.25, 0.3) is 6.08 Å². The number of nitrogens with zero attached hydrogens (tertiary/aromatic N) is 2. The summed E-state index contributed by atoms with van der Waals surface area (Å²) in [5, 5.41) is 0.643. The van der Waals surface area contributed by atoms with E-state index in [1.807, 2.05) is 79.7 Å². The number of allylic oxidation sites excluding steroid dienone is 1. The maximum atomic E-state index is 13.8.